The van der Waals surface area contributed by atoms with Gasteiger partial charge in [-0.05, 0) is 74.7 Å². The molecule has 124 valence electrons. The molecule has 0 aromatic heterocycles. The number of benzene rings is 1. The van der Waals surface area contributed by atoms with E-state index in [2.05, 4.69) is 38.1 Å². The van der Waals surface area contributed by atoms with Crippen LogP contribution in [0.1, 0.15) is 89.2 Å². The second kappa shape index (κ2) is 8.75. The highest BCUT2D eigenvalue weighted by atomic mass is 14.4. The molecule has 22 heavy (non-hydrogen) atoms. The highest BCUT2D eigenvalue weighted by Gasteiger charge is 2.30. The van der Waals surface area contributed by atoms with Gasteiger partial charge in [0.05, 0.1) is 0 Å². The van der Waals surface area contributed by atoms with E-state index in [9.17, 15) is 0 Å². The molecule has 0 saturated heterocycles. The zero-order valence-corrected chi connectivity index (χ0v) is 15.3. The molecule has 0 nitrogen and oxygen atoms in total. The van der Waals surface area contributed by atoms with Crippen LogP contribution in [0.3, 0.4) is 0 Å². The molecule has 3 rings (SSSR count). The van der Waals surface area contributed by atoms with Gasteiger partial charge in [-0.3, -0.25) is 0 Å². The molecule has 2 saturated carbocycles. The first-order valence-corrected chi connectivity index (χ1v) is 9.79. The predicted molar refractivity (Wildman–Crippen MR) is 98.3 cm³/mol. The van der Waals surface area contributed by atoms with Crippen LogP contribution in [0.5, 0.6) is 0 Å². The molecule has 0 bridgehead atoms. The maximum absolute atomic E-state index is 2.44. The quantitative estimate of drug-likeness (QED) is 0.545. The fraction of sp³-hybridized carbons (Fsp3) is 0.727. The first kappa shape index (κ1) is 17.6. The minimum absolute atomic E-state index is 0.842. The van der Waals surface area contributed by atoms with E-state index in [1.165, 1.54) is 56.9 Å². The Bertz CT molecular complexity index is 400. The lowest BCUT2D eigenvalue weighted by molar-refractivity contribution is 0.165. The van der Waals surface area contributed by atoms with Crippen molar-refractivity contribution >= 4 is 0 Å². The topological polar surface area (TPSA) is 0 Å². The Kier molecular flexibility index (Phi) is 6.99. The minimum atomic E-state index is 0.842. The Labute approximate surface area is 138 Å². The highest BCUT2D eigenvalue weighted by molar-refractivity contribution is 5.24. The summed E-state index contributed by atoms with van der Waals surface area (Å²) in [7, 11) is 0. The van der Waals surface area contributed by atoms with Crippen LogP contribution < -0.4 is 0 Å². The molecule has 0 spiro atoms. The first-order valence-electron chi connectivity index (χ1n) is 9.79. The zero-order chi connectivity index (χ0) is 15.9. The van der Waals surface area contributed by atoms with Crippen LogP contribution in [-0.2, 0) is 0 Å². The molecule has 0 N–H and O–H groups in total. The summed E-state index contributed by atoms with van der Waals surface area (Å²) in [5.74, 6) is 3.94. The summed E-state index contributed by atoms with van der Waals surface area (Å²) >= 11 is 0. The molecular formula is C22H36. The Morgan fingerprint density at radius 1 is 0.682 bits per heavy atom. The Morgan fingerprint density at radius 2 is 1.14 bits per heavy atom. The second-order valence-corrected chi connectivity index (χ2v) is 7.54. The van der Waals surface area contributed by atoms with Crippen LogP contribution in [0.2, 0.25) is 0 Å². The first-order chi connectivity index (χ1) is 10.7. The molecule has 0 amide bonds. The van der Waals surface area contributed by atoms with E-state index in [-0.39, 0.29) is 0 Å². The Hall–Kier alpha value is -0.780. The standard InChI is InChI=1S/C20H30.C2H6/c1-15-3-7-17(8-4-15)19-11-13-20(14-12-19)18-9-5-16(2)6-10-18;1-2/h3-4,7-8,16,18-20H,5-6,9-14H2,1-2H3;1-2H3. The van der Waals surface area contributed by atoms with Gasteiger partial charge in [0.15, 0.2) is 0 Å². The smallest absolute Gasteiger partial charge is 0.0162 e. The molecule has 0 heterocycles. The molecule has 2 aliphatic rings. The molecule has 0 unspecified atom stereocenters. The second-order valence-electron chi connectivity index (χ2n) is 7.54. The van der Waals surface area contributed by atoms with Crippen molar-refractivity contribution in [1.82, 2.24) is 0 Å². The highest BCUT2D eigenvalue weighted by Crippen LogP contribution is 2.43. The molecule has 1 aromatic carbocycles. The van der Waals surface area contributed by atoms with Crippen LogP contribution in [0.25, 0.3) is 0 Å². The summed E-state index contributed by atoms with van der Waals surface area (Å²) in [5.41, 5.74) is 2.98. The summed E-state index contributed by atoms with van der Waals surface area (Å²) in [6.45, 7) is 8.62. The molecule has 0 radical (unpaired) electrons. The van der Waals surface area contributed by atoms with E-state index < -0.39 is 0 Å². The van der Waals surface area contributed by atoms with E-state index >= 15 is 0 Å². The average Bonchev–Trinajstić information content (AvgIpc) is 2.58. The van der Waals surface area contributed by atoms with Gasteiger partial charge >= 0.3 is 0 Å². The fourth-order valence-electron chi connectivity index (χ4n) is 4.52. The van der Waals surface area contributed by atoms with E-state index in [1.807, 2.05) is 13.8 Å². The third-order valence-corrected chi connectivity index (χ3v) is 6.05. The minimum Gasteiger partial charge on any atom is -0.0683 e. The van der Waals surface area contributed by atoms with E-state index in [4.69, 9.17) is 0 Å². The van der Waals surface area contributed by atoms with Gasteiger partial charge < -0.3 is 0 Å². The van der Waals surface area contributed by atoms with Gasteiger partial charge in [-0.1, -0.05) is 63.4 Å². The predicted octanol–water partition coefficient (Wildman–Crippen LogP) is 7.12. The Balaban J connectivity index is 0.000000847. The maximum atomic E-state index is 2.44. The van der Waals surface area contributed by atoms with E-state index in [1.54, 1.807) is 5.56 Å². The van der Waals surface area contributed by atoms with Crippen molar-refractivity contribution in [3.8, 4) is 0 Å². The molecule has 0 atom stereocenters. The normalized spacial score (nSPS) is 32.0. The number of aryl methyl sites for hydroxylation is 1. The van der Waals surface area contributed by atoms with E-state index in [0.717, 1.165) is 23.7 Å². The zero-order valence-electron chi connectivity index (χ0n) is 15.3. The van der Waals surface area contributed by atoms with Crippen molar-refractivity contribution in [1.29, 1.82) is 0 Å². The van der Waals surface area contributed by atoms with Gasteiger partial charge in [0, 0.05) is 0 Å². The average molecular weight is 301 g/mol. The van der Waals surface area contributed by atoms with E-state index in [0.29, 0.717) is 0 Å². The van der Waals surface area contributed by atoms with Crippen molar-refractivity contribution in [2.45, 2.75) is 85.0 Å². The van der Waals surface area contributed by atoms with Crippen molar-refractivity contribution in [3.63, 3.8) is 0 Å². The molecule has 2 aliphatic carbocycles. The number of hydrogen-bond donors (Lipinski definition) is 0. The van der Waals surface area contributed by atoms with Crippen LogP contribution in [0, 0.1) is 24.7 Å². The van der Waals surface area contributed by atoms with Crippen molar-refractivity contribution < 1.29 is 0 Å². The van der Waals surface area contributed by atoms with Gasteiger partial charge in [-0.15, -0.1) is 0 Å². The summed E-state index contributed by atoms with van der Waals surface area (Å²) < 4.78 is 0. The summed E-state index contributed by atoms with van der Waals surface area (Å²) in [6, 6.07) is 9.29. The largest absolute Gasteiger partial charge is 0.0683 e. The van der Waals surface area contributed by atoms with Crippen molar-refractivity contribution in [2.75, 3.05) is 0 Å². The van der Waals surface area contributed by atoms with Crippen molar-refractivity contribution in [2.24, 2.45) is 17.8 Å². The summed E-state index contributed by atoms with van der Waals surface area (Å²) in [6.07, 6.45) is 11.8. The van der Waals surface area contributed by atoms with Crippen LogP contribution >= 0.6 is 0 Å². The molecule has 2 fully saturated rings. The van der Waals surface area contributed by atoms with Gasteiger partial charge in [-0.2, -0.15) is 0 Å². The lowest BCUT2D eigenvalue weighted by atomic mass is 9.68. The third-order valence-electron chi connectivity index (χ3n) is 6.05. The monoisotopic (exact) mass is 300 g/mol. The molecule has 0 aliphatic heterocycles. The lowest BCUT2D eigenvalue weighted by Crippen LogP contribution is -2.24. The van der Waals surface area contributed by atoms with Gasteiger partial charge in [0.25, 0.3) is 0 Å². The fourth-order valence-corrected chi connectivity index (χ4v) is 4.52. The Morgan fingerprint density at radius 3 is 1.64 bits per heavy atom. The lowest BCUT2D eigenvalue weighted by Gasteiger charge is -2.37. The number of rotatable bonds is 2. The third kappa shape index (κ3) is 4.61. The van der Waals surface area contributed by atoms with Gasteiger partial charge in [0.2, 0.25) is 0 Å². The maximum Gasteiger partial charge on any atom is -0.0162 e. The SMILES string of the molecule is CC.Cc1ccc(C2CCC(C3CCC(C)CC3)CC2)cc1. The van der Waals surface area contributed by atoms with Crippen LogP contribution in [0.15, 0.2) is 24.3 Å². The van der Waals surface area contributed by atoms with Gasteiger partial charge in [0.1, 0.15) is 0 Å². The summed E-state index contributed by atoms with van der Waals surface area (Å²) in [4.78, 5) is 0. The number of hydrogen-bond acceptors (Lipinski definition) is 0. The van der Waals surface area contributed by atoms with Crippen molar-refractivity contribution in [3.05, 3.63) is 35.4 Å². The van der Waals surface area contributed by atoms with Gasteiger partial charge in [-0.25, -0.2) is 0 Å². The molecule has 1 aromatic rings. The van der Waals surface area contributed by atoms with Crippen LogP contribution in [-0.4, -0.2) is 0 Å². The molecular weight excluding hydrogens is 264 g/mol. The summed E-state index contributed by atoms with van der Waals surface area (Å²) in [5, 5.41) is 0. The molecule has 0 heteroatoms. The van der Waals surface area contributed by atoms with Crippen LogP contribution in [0.4, 0.5) is 0 Å².